The monoisotopic (exact) mass is 254 g/mol. The van der Waals surface area contributed by atoms with Crippen LogP contribution in [0.2, 0.25) is 0 Å². The van der Waals surface area contributed by atoms with E-state index in [1.165, 1.54) is 7.11 Å². The van der Waals surface area contributed by atoms with Crippen LogP contribution in [0.4, 0.5) is 11.6 Å². The fraction of sp³-hybridized carbons (Fsp3) is 0.545. The van der Waals surface area contributed by atoms with Gasteiger partial charge in [0.15, 0.2) is 5.82 Å². The Morgan fingerprint density at radius 2 is 2.11 bits per heavy atom. The van der Waals surface area contributed by atoms with E-state index in [1.807, 2.05) is 6.92 Å². The van der Waals surface area contributed by atoms with Crippen molar-refractivity contribution in [2.45, 2.75) is 13.5 Å². The molecule has 0 amide bonds. The first-order valence-corrected chi connectivity index (χ1v) is 5.63. The van der Waals surface area contributed by atoms with Crippen molar-refractivity contribution in [3.8, 4) is 0 Å². The second-order valence-electron chi connectivity index (χ2n) is 3.37. The molecule has 0 saturated heterocycles. The Kier molecular flexibility index (Phi) is 5.86. The maximum absolute atomic E-state index is 11.0. The number of esters is 1. The van der Waals surface area contributed by atoms with Gasteiger partial charge in [-0.25, -0.2) is 9.97 Å². The number of hydrogen-bond acceptors (Lipinski definition) is 7. The van der Waals surface area contributed by atoms with Crippen LogP contribution in [0.1, 0.15) is 12.7 Å². The molecule has 0 spiro atoms. The van der Waals surface area contributed by atoms with Crippen molar-refractivity contribution in [1.82, 2.24) is 9.97 Å². The first kappa shape index (κ1) is 14.2. The number of carbonyl (C=O) groups excluding carboxylic acids is 1. The van der Waals surface area contributed by atoms with Crippen LogP contribution in [-0.2, 0) is 20.9 Å². The minimum atomic E-state index is -0.356. The minimum absolute atomic E-state index is 0.0603. The highest BCUT2D eigenvalue weighted by Crippen LogP contribution is 2.11. The highest BCUT2D eigenvalue weighted by atomic mass is 16.5. The minimum Gasteiger partial charge on any atom is -0.468 e. The SMILES string of the molecule is CCOCc1nc(NC)cc(NCC(=O)OC)n1. The van der Waals surface area contributed by atoms with Gasteiger partial charge in [-0.05, 0) is 6.92 Å². The lowest BCUT2D eigenvalue weighted by Gasteiger charge is -2.09. The summed E-state index contributed by atoms with van der Waals surface area (Å²) in [7, 11) is 3.10. The molecule has 1 rings (SSSR count). The number of carbonyl (C=O) groups is 1. The molecule has 0 fully saturated rings. The lowest BCUT2D eigenvalue weighted by atomic mass is 10.4. The van der Waals surface area contributed by atoms with Gasteiger partial charge in [-0.2, -0.15) is 0 Å². The third-order valence-corrected chi connectivity index (χ3v) is 2.11. The largest absolute Gasteiger partial charge is 0.468 e. The topological polar surface area (TPSA) is 85.4 Å². The third-order valence-electron chi connectivity index (χ3n) is 2.11. The predicted molar refractivity (Wildman–Crippen MR) is 67.4 cm³/mol. The van der Waals surface area contributed by atoms with Gasteiger partial charge in [0.1, 0.15) is 24.8 Å². The van der Waals surface area contributed by atoms with Crippen LogP contribution in [0.15, 0.2) is 6.07 Å². The van der Waals surface area contributed by atoms with Crippen LogP contribution < -0.4 is 10.6 Å². The molecule has 18 heavy (non-hydrogen) atoms. The zero-order chi connectivity index (χ0) is 13.4. The van der Waals surface area contributed by atoms with Gasteiger partial charge in [0, 0.05) is 19.7 Å². The smallest absolute Gasteiger partial charge is 0.325 e. The highest BCUT2D eigenvalue weighted by Gasteiger charge is 2.06. The third kappa shape index (κ3) is 4.54. The molecule has 7 heteroatoms. The quantitative estimate of drug-likeness (QED) is 0.690. The molecule has 0 aliphatic carbocycles. The number of nitrogens with zero attached hydrogens (tertiary/aromatic N) is 2. The summed E-state index contributed by atoms with van der Waals surface area (Å²) in [4.78, 5) is 19.5. The van der Waals surface area contributed by atoms with Gasteiger partial charge in [-0.3, -0.25) is 4.79 Å². The molecule has 7 nitrogen and oxygen atoms in total. The predicted octanol–water partition coefficient (Wildman–Crippen LogP) is 0.640. The average Bonchev–Trinajstić information content (AvgIpc) is 2.42. The number of anilines is 2. The van der Waals surface area contributed by atoms with Crippen LogP contribution in [-0.4, -0.2) is 43.2 Å². The number of aromatic nitrogens is 2. The van der Waals surface area contributed by atoms with E-state index in [2.05, 4.69) is 25.3 Å². The summed E-state index contributed by atoms with van der Waals surface area (Å²) in [6.45, 7) is 2.89. The van der Waals surface area contributed by atoms with Gasteiger partial charge in [-0.1, -0.05) is 0 Å². The highest BCUT2D eigenvalue weighted by molar-refractivity contribution is 5.74. The van der Waals surface area contributed by atoms with Crippen molar-refractivity contribution in [2.24, 2.45) is 0 Å². The molecule has 0 atom stereocenters. The van der Waals surface area contributed by atoms with Gasteiger partial charge in [-0.15, -0.1) is 0 Å². The van der Waals surface area contributed by atoms with Crippen LogP contribution in [0.25, 0.3) is 0 Å². The average molecular weight is 254 g/mol. The second kappa shape index (κ2) is 7.44. The normalized spacial score (nSPS) is 9.94. The molecule has 0 aliphatic rings. The molecule has 100 valence electrons. The Morgan fingerprint density at radius 1 is 1.39 bits per heavy atom. The van der Waals surface area contributed by atoms with Gasteiger partial charge in [0.2, 0.25) is 0 Å². The lowest BCUT2D eigenvalue weighted by Crippen LogP contribution is -2.16. The van der Waals surface area contributed by atoms with E-state index in [0.717, 1.165) is 0 Å². The Labute approximate surface area is 106 Å². The van der Waals surface area contributed by atoms with Crippen molar-refractivity contribution in [1.29, 1.82) is 0 Å². The lowest BCUT2D eigenvalue weighted by molar-refractivity contribution is -0.138. The van der Waals surface area contributed by atoms with Crippen molar-refractivity contribution >= 4 is 17.6 Å². The zero-order valence-electron chi connectivity index (χ0n) is 10.8. The van der Waals surface area contributed by atoms with Gasteiger partial charge < -0.3 is 20.1 Å². The standard InChI is InChI=1S/C11H18N4O3/c1-4-18-7-10-14-8(12-2)5-9(15-10)13-6-11(16)17-3/h5H,4,6-7H2,1-3H3,(H2,12,13,14,15). The first-order chi connectivity index (χ1) is 8.69. The fourth-order valence-electron chi connectivity index (χ4n) is 1.21. The number of ether oxygens (including phenoxy) is 2. The Hall–Kier alpha value is -1.89. The van der Waals surface area contributed by atoms with E-state index in [-0.39, 0.29) is 12.5 Å². The summed E-state index contributed by atoms with van der Waals surface area (Å²) in [6.07, 6.45) is 0. The summed E-state index contributed by atoms with van der Waals surface area (Å²) < 4.78 is 9.79. The molecular weight excluding hydrogens is 236 g/mol. The Morgan fingerprint density at radius 3 is 2.72 bits per heavy atom. The van der Waals surface area contributed by atoms with Crippen molar-refractivity contribution in [2.75, 3.05) is 37.9 Å². The molecule has 1 aromatic rings. The maximum atomic E-state index is 11.0. The zero-order valence-corrected chi connectivity index (χ0v) is 10.8. The fourth-order valence-corrected chi connectivity index (χ4v) is 1.21. The van der Waals surface area contributed by atoms with Crippen molar-refractivity contribution in [3.63, 3.8) is 0 Å². The summed E-state index contributed by atoms with van der Waals surface area (Å²) in [5.74, 6) is 1.41. The molecular formula is C11H18N4O3. The van der Waals surface area contributed by atoms with Crippen LogP contribution >= 0.6 is 0 Å². The number of nitrogens with one attached hydrogen (secondary N) is 2. The molecule has 0 saturated carbocycles. The summed E-state index contributed by atoms with van der Waals surface area (Å²) in [5, 5.41) is 5.79. The molecule has 0 aliphatic heterocycles. The summed E-state index contributed by atoms with van der Waals surface area (Å²) >= 11 is 0. The van der Waals surface area contributed by atoms with E-state index in [9.17, 15) is 4.79 Å². The van der Waals surface area contributed by atoms with Crippen LogP contribution in [0.3, 0.4) is 0 Å². The van der Waals surface area contributed by atoms with Crippen molar-refractivity contribution in [3.05, 3.63) is 11.9 Å². The molecule has 1 heterocycles. The van der Waals surface area contributed by atoms with E-state index in [1.54, 1.807) is 13.1 Å². The molecule has 0 radical (unpaired) electrons. The Bertz CT molecular complexity index is 398. The Balaban J connectivity index is 2.73. The molecule has 0 aromatic carbocycles. The number of hydrogen-bond donors (Lipinski definition) is 2. The van der Waals surface area contributed by atoms with Gasteiger partial charge in [0.25, 0.3) is 0 Å². The molecule has 0 bridgehead atoms. The van der Waals surface area contributed by atoms with Crippen molar-refractivity contribution < 1.29 is 14.3 Å². The second-order valence-corrected chi connectivity index (χ2v) is 3.37. The molecule has 0 unspecified atom stereocenters. The number of methoxy groups -OCH3 is 1. The molecule has 2 N–H and O–H groups in total. The molecule has 1 aromatic heterocycles. The van der Waals surface area contributed by atoms with Gasteiger partial charge in [0.05, 0.1) is 7.11 Å². The maximum Gasteiger partial charge on any atom is 0.325 e. The van der Waals surface area contributed by atoms with E-state index in [0.29, 0.717) is 30.7 Å². The van der Waals surface area contributed by atoms with E-state index in [4.69, 9.17) is 4.74 Å². The van der Waals surface area contributed by atoms with Gasteiger partial charge >= 0.3 is 5.97 Å². The van der Waals surface area contributed by atoms with E-state index < -0.39 is 0 Å². The summed E-state index contributed by atoms with van der Waals surface area (Å²) in [6, 6.07) is 1.71. The van der Waals surface area contributed by atoms with Crippen LogP contribution in [0, 0.1) is 0 Å². The number of rotatable bonds is 7. The van der Waals surface area contributed by atoms with E-state index >= 15 is 0 Å². The first-order valence-electron chi connectivity index (χ1n) is 5.63. The van der Waals surface area contributed by atoms with Crippen LogP contribution in [0.5, 0.6) is 0 Å². The summed E-state index contributed by atoms with van der Waals surface area (Å²) in [5.41, 5.74) is 0.